The Balaban J connectivity index is 1.35. The zero-order valence-corrected chi connectivity index (χ0v) is 18.5. The number of fused-ring (bicyclic) bond motifs is 1. The van der Waals surface area contributed by atoms with Gasteiger partial charge in [0.2, 0.25) is 17.8 Å². The van der Waals surface area contributed by atoms with Crippen LogP contribution in [0.3, 0.4) is 0 Å². The summed E-state index contributed by atoms with van der Waals surface area (Å²) in [5.41, 5.74) is 1.89. The molecule has 4 rings (SSSR count). The lowest BCUT2D eigenvalue weighted by molar-refractivity contribution is -0.135. The molecule has 1 atom stereocenters. The molecule has 0 spiro atoms. The van der Waals surface area contributed by atoms with E-state index in [0.717, 1.165) is 42.6 Å². The van der Waals surface area contributed by atoms with Gasteiger partial charge in [0.1, 0.15) is 5.75 Å². The highest BCUT2D eigenvalue weighted by Crippen LogP contribution is 2.23. The summed E-state index contributed by atoms with van der Waals surface area (Å²) in [7, 11) is 0. The summed E-state index contributed by atoms with van der Waals surface area (Å²) in [6, 6.07) is 17.4. The van der Waals surface area contributed by atoms with Crippen molar-refractivity contribution in [2.24, 2.45) is 5.92 Å². The number of likely N-dealkylation sites (tertiary alicyclic amines) is 1. The number of ether oxygens (including phenoxy) is 1. The second-order valence-corrected chi connectivity index (χ2v) is 8.16. The molecule has 0 bridgehead atoms. The number of rotatable bonds is 8. The molecular weight excluding hydrogens is 404 g/mol. The Bertz CT molecular complexity index is 1060. The van der Waals surface area contributed by atoms with Crippen molar-refractivity contribution in [2.75, 3.05) is 25.0 Å². The first kappa shape index (κ1) is 21.9. The Labute approximate surface area is 188 Å². The summed E-state index contributed by atoms with van der Waals surface area (Å²) in [6.45, 7) is 4.34. The number of nitrogens with one attached hydrogen (secondary N) is 1. The fraction of sp³-hybridized carbons (Fsp3) is 0.400. The molecular formula is C25H30N4O3. The van der Waals surface area contributed by atoms with Gasteiger partial charge in [0.25, 0.3) is 0 Å². The van der Waals surface area contributed by atoms with Gasteiger partial charge >= 0.3 is 0 Å². The summed E-state index contributed by atoms with van der Waals surface area (Å²) in [6.07, 6.45) is 2.83. The van der Waals surface area contributed by atoms with Crippen LogP contribution in [0.2, 0.25) is 0 Å². The second-order valence-electron chi connectivity index (χ2n) is 8.16. The summed E-state index contributed by atoms with van der Waals surface area (Å²) in [5.74, 6) is 1.05. The highest BCUT2D eigenvalue weighted by atomic mass is 16.5. The summed E-state index contributed by atoms with van der Waals surface area (Å²) < 4.78 is 7.70. The smallest absolute Gasteiger partial charge is 0.231 e. The van der Waals surface area contributed by atoms with Crippen molar-refractivity contribution in [3.8, 4) is 5.75 Å². The molecule has 168 valence electrons. The van der Waals surface area contributed by atoms with Crippen LogP contribution >= 0.6 is 0 Å². The maximum Gasteiger partial charge on any atom is 0.231 e. The van der Waals surface area contributed by atoms with Gasteiger partial charge in [-0.25, -0.2) is 4.98 Å². The van der Waals surface area contributed by atoms with E-state index in [1.807, 2.05) is 54.6 Å². The topological polar surface area (TPSA) is 76.5 Å². The number of amides is 2. The molecule has 1 saturated heterocycles. The molecule has 1 aliphatic rings. The molecule has 0 aliphatic carbocycles. The lowest BCUT2D eigenvalue weighted by Crippen LogP contribution is -2.44. The molecule has 3 aromatic rings. The Kier molecular flexibility index (Phi) is 7.04. The van der Waals surface area contributed by atoms with Gasteiger partial charge in [-0.1, -0.05) is 37.3 Å². The molecule has 7 heteroatoms. The summed E-state index contributed by atoms with van der Waals surface area (Å²) >= 11 is 0. The minimum Gasteiger partial charge on any atom is -0.493 e. The fourth-order valence-electron chi connectivity index (χ4n) is 4.18. The van der Waals surface area contributed by atoms with Crippen molar-refractivity contribution in [1.82, 2.24) is 14.5 Å². The van der Waals surface area contributed by atoms with Gasteiger partial charge in [0.15, 0.2) is 0 Å². The van der Waals surface area contributed by atoms with Crippen LogP contribution in [0.5, 0.6) is 5.75 Å². The van der Waals surface area contributed by atoms with Crippen molar-refractivity contribution in [2.45, 2.75) is 39.2 Å². The van der Waals surface area contributed by atoms with Crippen molar-refractivity contribution in [3.63, 3.8) is 0 Å². The Morgan fingerprint density at radius 1 is 1.12 bits per heavy atom. The first-order valence-corrected chi connectivity index (χ1v) is 11.4. The molecule has 2 heterocycles. The number of imidazole rings is 1. The largest absolute Gasteiger partial charge is 0.493 e. The van der Waals surface area contributed by atoms with Gasteiger partial charge in [0, 0.05) is 19.6 Å². The number of aromatic nitrogens is 2. The van der Waals surface area contributed by atoms with Gasteiger partial charge in [-0.15, -0.1) is 0 Å². The van der Waals surface area contributed by atoms with Crippen LogP contribution in [-0.4, -0.2) is 46.0 Å². The van der Waals surface area contributed by atoms with E-state index < -0.39 is 0 Å². The van der Waals surface area contributed by atoms with Crippen LogP contribution in [0, 0.1) is 5.92 Å². The first-order chi connectivity index (χ1) is 15.7. The Morgan fingerprint density at radius 3 is 2.72 bits per heavy atom. The Morgan fingerprint density at radius 2 is 1.91 bits per heavy atom. The standard InChI is InChI=1S/C25H30N4O3/c1-2-15-29-22-13-7-6-12-21(22)26-25(29)27-24(31)19-9-8-16-28(18-19)23(30)14-17-32-20-10-4-3-5-11-20/h3-7,10-13,19H,2,8-9,14-18H2,1H3,(H,26,27,31). The number of anilines is 1. The monoisotopic (exact) mass is 434 g/mol. The van der Waals surface area contributed by atoms with E-state index in [-0.39, 0.29) is 17.7 Å². The molecule has 2 aromatic carbocycles. The van der Waals surface area contributed by atoms with E-state index in [9.17, 15) is 9.59 Å². The molecule has 2 amide bonds. The van der Waals surface area contributed by atoms with Crippen LogP contribution < -0.4 is 10.1 Å². The number of nitrogens with zero attached hydrogens (tertiary/aromatic N) is 3. The molecule has 1 N–H and O–H groups in total. The van der Waals surface area contributed by atoms with Crippen molar-refractivity contribution >= 4 is 28.8 Å². The highest BCUT2D eigenvalue weighted by molar-refractivity contribution is 5.93. The van der Waals surface area contributed by atoms with Crippen LogP contribution in [0.25, 0.3) is 11.0 Å². The third kappa shape index (κ3) is 5.10. The van der Waals surface area contributed by atoms with E-state index in [4.69, 9.17) is 4.74 Å². The van der Waals surface area contributed by atoms with Crippen LogP contribution in [0.4, 0.5) is 5.95 Å². The predicted molar refractivity (Wildman–Crippen MR) is 125 cm³/mol. The maximum atomic E-state index is 13.0. The number of carbonyl (C=O) groups is 2. The van der Waals surface area contributed by atoms with Gasteiger partial charge in [-0.3, -0.25) is 14.9 Å². The van der Waals surface area contributed by atoms with Crippen LogP contribution in [-0.2, 0) is 16.1 Å². The molecule has 7 nitrogen and oxygen atoms in total. The van der Waals surface area contributed by atoms with Crippen LogP contribution in [0.1, 0.15) is 32.6 Å². The SMILES string of the molecule is CCCn1c(NC(=O)C2CCCN(C(=O)CCOc3ccccc3)C2)nc2ccccc21. The van der Waals surface area contributed by atoms with E-state index in [1.54, 1.807) is 4.90 Å². The molecule has 0 radical (unpaired) electrons. The number of para-hydroxylation sites is 3. The van der Waals surface area contributed by atoms with Gasteiger partial charge < -0.3 is 14.2 Å². The number of carbonyl (C=O) groups excluding carboxylic acids is 2. The number of benzene rings is 2. The Hall–Kier alpha value is -3.35. The highest BCUT2D eigenvalue weighted by Gasteiger charge is 2.29. The lowest BCUT2D eigenvalue weighted by Gasteiger charge is -2.32. The molecule has 1 unspecified atom stereocenters. The van der Waals surface area contributed by atoms with Crippen LogP contribution in [0.15, 0.2) is 54.6 Å². The van der Waals surface area contributed by atoms with E-state index in [2.05, 4.69) is 21.8 Å². The minimum absolute atomic E-state index is 0.0247. The number of hydrogen-bond donors (Lipinski definition) is 1. The number of hydrogen-bond acceptors (Lipinski definition) is 4. The lowest BCUT2D eigenvalue weighted by atomic mass is 9.97. The zero-order chi connectivity index (χ0) is 22.3. The van der Waals surface area contributed by atoms with Crippen molar-refractivity contribution in [1.29, 1.82) is 0 Å². The first-order valence-electron chi connectivity index (χ1n) is 11.4. The van der Waals surface area contributed by atoms with Gasteiger partial charge in [-0.05, 0) is 43.5 Å². The van der Waals surface area contributed by atoms with Gasteiger partial charge in [0.05, 0.1) is 30.0 Å². The van der Waals surface area contributed by atoms with E-state index >= 15 is 0 Å². The maximum absolute atomic E-state index is 13.0. The number of aryl methyl sites for hydroxylation is 1. The second kappa shape index (κ2) is 10.3. The number of piperidine rings is 1. The molecule has 1 aromatic heterocycles. The minimum atomic E-state index is -0.238. The normalized spacial score (nSPS) is 16.2. The molecule has 32 heavy (non-hydrogen) atoms. The molecule has 1 fully saturated rings. The zero-order valence-electron chi connectivity index (χ0n) is 18.5. The summed E-state index contributed by atoms with van der Waals surface area (Å²) in [4.78, 5) is 32.1. The predicted octanol–water partition coefficient (Wildman–Crippen LogP) is 4.09. The average Bonchev–Trinajstić information content (AvgIpc) is 3.17. The summed E-state index contributed by atoms with van der Waals surface area (Å²) in [5, 5.41) is 3.03. The van der Waals surface area contributed by atoms with E-state index in [0.29, 0.717) is 32.1 Å². The third-order valence-electron chi connectivity index (χ3n) is 5.81. The fourth-order valence-corrected chi connectivity index (χ4v) is 4.18. The van der Waals surface area contributed by atoms with E-state index in [1.165, 1.54) is 0 Å². The quantitative estimate of drug-likeness (QED) is 0.579. The van der Waals surface area contributed by atoms with Crippen molar-refractivity contribution < 1.29 is 14.3 Å². The molecule has 0 saturated carbocycles. The average molecular weight is 435 g/mol. The third-order valence-corrected chi connectivity index (χ3v) is 5.81. The molecule has 1 aliphatic heterocycles. The van der Waals surface area contributed by atoms with Crippen molar-refractivity contribution in [3.05, 3.63) is 54.6 Å². The van der Waals surface area contributed by atoms with Gasteiger partial charge in [-0.2, -0.15) is 0 Å².